The monoisotopic (exact) mass is 321 g/mol. The summed E-state index contributed by atoms with van der Waals surface area (Å²) >= 11 is 0. The molecule has 23 heavy (non-hydrogen) atoms. The van der Waals surface area contributed by atoms with E-state index in [0.717, 1.165) is 49.4 Å². The van der Waals surface area contributed by atoms with Crippen molar-refractivity contribution in [3.05, 3.63) is 17.0 Å². The third kappa shape index (κ3) is 2.90. The Morgan fingerprint density at radius 3 is 2.78 bits per heavy atom. The molecular weight excluding hydrogens is 294 g/mol. The molecule has 0 saturated carbocycles. The second-order valence-corrected chi connectivity index (χ2v) is 6.78. The Balaban J connectivity index is 1.69. The molecule has 128 valence electrons. The van der Waals surface area contributed by atoms with E-state index in [4.69, 9.17) is 9.47 Å². The van der Waals surface area contributed by atoms with Crippen molar-refractivity contribution in [1.82, 2.24) is 14.7 Å². The minimum atomic E-state index is -0.175. The van der Waals surface area contributed by atoms with Crippen LogP contribution in [-0.2, 0) is 27.7 Å². The second-order valence-electron chi connectivity index (χ2n) is 6.78. The number of carbonyl (C=O) groups is 1. The number of ether oxygens (including phenoxy) is 2. The Morgan fingerprint density at radius 1 is 1.43 bits per heavy atom. The van der Waals surface area contributed by atoms with Gasteiger partial charge < -0.3 is 14.4 Å². The third-order valence-corrected chi connectivity index (χ3v) is 5.54. The van der Waals surface area contributed by atoms with Crippen LogP contribution in [0.1, 0.15) is 36.2 Å². The van der Waals surface area contributed by atoms with E-state index in [1.807, 2.05) is 30.5 Å². The van der Waals surface area contributed by atoms with Crippen LogP contribution >= 0.6 is 0 Å². The van der Waals surface area contributed by atoms with E-state index >= 15 is 0 Å². The number of likely N-dealkylation sites (tertiary alicyclic amines) is 1. The van der Waals surface area contributed by atoms with Crippen LogP contribution in [0.2, 0.25) is 0 Å². The van der Waals surface area contributed by atoms with Crippen molar-refractivity contribution in [3.8, 4) is 0 Å². The van der Waals surface area contributed by atoms with Gasteiger partial charge >= 0.3 is 0 Å². The Bertz CT molecular complexity index is 590. The summed E-state index contributed by atoms with van der Waals surface area (Å²) in [6, 6.07) is 0. The Kier molecular flexibility index (Phi) is 4.47. The number of nitrogens with zero attached hydrogens (tertiary/aromatic N) is 3. The molecule has 0 unspecified atom stereocenters. The van der Waals surface area contributed by atoms with Gasteiger partial charge in [0.15, 0.2) is 0 Å². The highest BCUT2D eigenvalue weighted by atomic mass is 16.5. The molecule has 0 aliphatic carbocycles. The molecule has 0 radical (unpaired) electrons. The summed E-state index contributed by atoms with van der Waals surface area (Å²) in [7, 11) is 3.64. The van der Waals surface area contributed by atoms with Crippen LogP contribution < -0.4 is 0 Å². The van der Waals surface area contributed by atoms with Crippen molar-refractivity contribution in [2.75, 3.05) is 26.8 Å². The lowest BCUT2D eigenvalue weighted by atomic mass is 9.85. The van der Waals surface area contributed by atoms with Crippen molar-refractivity contribution in [2.24, 2.45) is 7.05 Å². The summed E-state index contributed by atoms with van der Waals surface area (Å²) in [6.07, 6.45) is 3.37. The van der Waals surface area contributed by atoms with Gasteiger partial charge in [-0.2, -0.15) is 5.10 Å². The van der Waals surface area contributed by atoms with Crippen LogP contribution in [0.25, 0.3) is 0 Å². The van der Waals surface area contributed by atoms with Gasteiger partial charge in [0.2, 0.25) is 5.91 Å². The number of hydrogen-bond donors (Lipinski definition) is 0. The molecule has 1 aromatic heterocycles. The smallest absolute Gasteiger partial charge is 0.227 e. The van der Waals surface area contributed by atoms with E-state index in [-0.39, 0.29) is 17.6 Å². The van der Waals surface area contributed by atoms with E-state index in [2.05, 4.69) is 5.10 Å². The van der Waals surface area contributed by atoms with E-state index in [1.54, 1.807) is 7.11 Å². The van der Waals surface area contributed by atoms with Crippen LogP contribution in [0.4, 0.5) is 0 Å². The number of aromatic nitrogens is 2. The summed E-state index contributed by atoms with van der Waals surface area (Å²) < 4.78 is 13.5. The highest BCUT2D eigenvalue weighted by molar-refractivity contribution is 5.79. The summed E-state index contributed by atoms with van der Waals surface area (Å²) in [5.74, 6) is 0.152. The number of hydrogen-bond acceptors (Lipinski definition) is 4. The van der Waals surface area contributed by atoms with E-state index < -0.39 is 0 Å². The zero-order chi connectivity index (χ0) is 16.6. The lowest BCUT2D eigenvalue weighted by Crippen LogP contribution is -2.57. The molecule has 0 aromatic carbocycles. The summed E-state index contributed by atoms with van der Waals surface area (Å²) in [5, 5.41) is 4.40. The molecule has 6 heteroatoms. The molecule has 2 fully saturated rings. The fourth-order valence-electron chi connectivity index (χ4n) is 3.97. The van der Waals surface area contributed by atoms with Gasteiger partial charge in [-0.3, -0.25) is 9.48 Å². The number of carbonyl (C=O) groups excluding carboxylic acids is 1. The first kappa shape index (κ1) is 16.5. The maximum absolute atomic E-state index is 12.7. The predicted octanol–water partition coefficient (Wildman–Crippen LogP) is 1.38. The molecule has 3 heterocycles. The van der Waals surface area contributed by atoms with E-state index in [9.17, 15) is 4.79 Å². The zero-order valence-corrected chi connectivity index (χ0v) is 14.6. The first-order valence-corrected chi connectivity index (χ1v) is 8.40. The molecule has 3 rings (SSSR count). The van der Waals surface area contributed by atoms with Gasteiger partial charge in [0, 0.05) is 45.1 Å². The highest BCUT2D eigenvalue weighted by Gasteiger charge is 2.47. The maximum atomic E-state index is 12.7. The van der Waals surface area contributed by atoms with Gasteiger partial charge in [-0.15, -0.1) is 0 Å². The van der Waals surface area contributed by atoms with Crippen molar-refractivity contribution >= 4 is 5.91 Å². The first-order valence-electron chi connectivity index (χ1n) is 8.40. The fourth-order valence-corrected chi connectivity index (χ4v) is 3.97. The second kappa shape index (κ2) is 6.24. The van der Waals surface area contributed by atoms with Crippen molar-refractivity contribution in [2.45, 2.75) is 51.2 Å². The van der Waals surface area contributed by atoms with Gasteiger partial charge in [-0.25, -0.2) is 0 Å². The lowest BCUT2D eigenvalue weighted by molar-refractivity contribution is -0.158. The molecule has 1 spiro atoms. The zero-order valence-electron chi connectivity index (χ0n) is 14.6. The Morgan fingerprint density at radius 2 is 2.22 bits per heavy atom. The molecule has 2 aliphatic rings. The molecule has 1 aromatic rings. The average molecular weight is 321 g/mol. The molecule has 2 aliphatic heterocycles. The van der Waals surface area contributed by atoms with Crippen LogP contribution in [0.5, 0.6) is 0 Å². The van der Waals surface area contributed by atoms with E-state index in [1.165, 1.54) is 0 Å². The van der Waals surface area contributed by atoms with Crippen LogP contribution in [0.3, 0.4) is 0 Å². The van der Waals surface area contributed by atoms with Gasteiger partial charge in [-0.05, 0) is 33.1 Å². The maximum Gasteiger partial charge on any atom is 0.227 e. The summed E-state index contributed by atoms with van der Waals surface area (Å²) in [5.41, 5.74) is 2.87. The minimum absolute atomic E-state index is 0.0289. The minimum Gasteiger partial charge on any atom is -0.377 e. The number of aryl methyl sites for hydroxylation is 2. The van der Waals surface area contributed by atoms with Gasteiger partial charge in [0.1, 0.15) is 6.10 Å². The van der Waals surface area contributed by atoms with Crippen molar-refractivity contribution in [3.63, 3.8) is 0 Å². The molecule has 1 amide bonds. The number of amides is 1. The lowest BCUT2D eigenvalue weighted by Gasteiger charge is -2.44. The molecular formula is C17H27N3O3. The standard InChI is InChI=1S/C17H27N3O3/c1-12-14(13(2)19(3)18-12)10-16(21)20-8-7-17(6-5-9-23-17)15(11-20)22-4/h15H,5-11H2,1-4H3/t15-,17-/m0/s1. The SMILES string of the molecule is CO[C@H]1CN(C(=O)Cc2c(C)nn(C)c2C)CC[C@@]12CCCO2. The Hall–Kier alpha value is -1.40. The highest BCUT2D eigenvalue weighted by Crippen LogP contribution is 2.37. The number of piperidine rings is 1. The van der Waals surface area contributed by atoms with Gasteiger partial charge in [0.25, 0.3) is 0 Å². The quantitative estimate of drug-likeness (QED) is 0.844. The van der Waals surface area contributed by atoms with Crippen molar-refractivity contribution < 1.29 is 14.3 Å². The third-order valence-electron chi connectivity index (χ3n) is 5.54. The van der Waals surface area contributed by atoms with Gasteiger partial charge in [0.05, 0.1) is 17.7 Å². The van der Waals surface area contributed by atoms with E-state index in [0.29, 0.717) is 13.0 Å². The van der Waals surface area contributed by atoms with Gasteiger partial charge in [-0.1, -0.05) is 0 Å². The average Bonchev–Trinajstić information content (AvgIpc) is 3.09. The molecule has 2 atom stereocenters. The Labute approximate surface area is 137 Å². The molecule has 2 saturated heterocycles. The number of rotatable bonds is 3. The largest absolute Gasteiger partial charge is 0.377 e. The normalized spacial score (nSPS) is 27.8. The molecule has 6 nitrogen and oxygen atoms in total. The van der Waals surface area contributed by atoms with Crippen molar-refractivity contribution in [1.29, 1.82) is 0 Å². The van der Waals surface area contributed by atoms with Crippen LogP contribution in [0.15, 0.2) is 0 Å². The molecule has 0 bridgehead atoms. The predicted molar refractivity (Wildman–Crippen MR) is 86.3 cm³/mol. The van der Waals surface area contributed by atoms with Crippen LogP contribution in [0, 0.1) is 13.8 Å². The summed E-state index contributed by atoms with van der Waals surface area (Å²) in [4.78, 5) is 14.7. The summed E-state index contributed by atoms with van der Waals surface area (Å²) in [6.45, 7) is 6.15. The molecule has 0 N–H and O–H groups in total. The first-order chi connectivity index (χ1) is 11.0. The number of methoxy groups -OCH3 is 1. The fraction of sp³-hybridized carbons (Fsp3) is 0.765. The topological polar surface area (TPSA) is 56.6 Å². The van der Waals surface area contributed by atoms with Crippen LogP contribution in [-0.4, -0.2) is 59.1 Å².